The number of ether oxygens (including phenoxy) is 2. The number of aromatic hydroxyl groups is 1. The van der Waals surface area contributed by atoms with Crippen molar-refractivity contribution in [1.29, 1.82) is 0 Å². The first-order chi connectivity index (χ1) is 14.1. The molecule has 29 heavy (non-hydrogen) atoms. The van der Waals surface area contributed by atoms with Gasteiger partial charge in [-0.05, 0) is 55.6 Å². The molecule has 0 saturated heterocycles. The highest BCUT2D eigenvalue weighted by Crippen LogP contribution is 2.47. The van der Waals surface area contributed by atoms with Crippen molar-refractivity contribution in [2.75, 3.05) is 33.9 Å². The maximum absolute atomic E-state index is 10.1. The number of likely N-dealkylation sites (N-methyl/N-ethyl adjacent to an activating group) is 1. The molecule has 150 valence electrons. The van der Waals surface area contributed by atoms with Crippen molar-refractivity contribution in [1.82, 2.24) is 4.90 Å². The number of phenols is 1. The fourth-order valence-electron chi connectivity index (χ4n) is 3.92. The lowest BCUT2D eigenvalue weighted by molar-refractivity contribution is 0.248. The fourth-order valence-corrected chi connectivity index (χ4v) is 3.92. The molecule has 0 unspecified atom stereocenters. The molecule has 1 aliphatic heterocycles. The van der Waals surface area contributed by atoms with Gasteiger partial charge in [0.15, 0.2) is 0 Å². The van der Waals surface area contributed by atoms with Gasteiger partial charge in [0.05, 0.1) is 6.61 Å². The third-order valence-electron chi connectivity index (χ3n) is 5.42. The van der Waals surface area contributed by atoms with Crippen LogP contribution in [0.2, 0.25) is 0 Å². The Morgan fingerprint density at radius 3 is 2.45 bits per heavy atom. The molecule has 3 aromatic carbocycles. The second kappa shape index (κ2) is 8.58. The molecule has 1 aliphatic rings. The number of rotatable bonds is 6. The summed E-state index contributed by atoms with van der Waals surface area (Å²) in [6, 6.07) is 24.1. The minimum absolute atomic E-state index is 0.101. The van der Waals surface area contributed by atoms with Crippen LogP contribution >= 0.6 is 0 Å². The zero-order valence-electron chi connectivity index (χ0n) is 16.9. The van der Waals surface area contributed by atoms with Crippen LogP contribution < -0.4 is 9.47 Å². The van der Waals surface area contributed by atoms with Crippen LogP contribution in [0.15, 0.2) is 72.8 Å². The van der Waals surface area contributed by atoms with Crippen molar-refractivity contribution < 1.29 is 14.6 Å². The zero-order valence-corrected chi connectivity index (χ0v) is 16.9. The Kier molecular flexibility index (Phi) is 5.72. The van der Waals surface area contributed by atoms with E-state index < -0.39 is 0 Å². The van der Waals surface area contributed by atoms with Crippen LogP contribution in [0.3, 0.4) is 0 Å². The molecule has 2 atom stereocenters. The second-order valence-electron chi connectivity index (χ2n) is 7.75. The van der Waals surface area contributed by atoms with Crippen molar-refractivity contribution in [2.24, 2.45) is 0 Å². The van der Waals surface area contributed by atoms with E-state index in [-0.39, 0.29) is 17.6 Å². The summed E-state index contributed by atoms with van der Waals surface area (Å²) in [4.78, 5) is 2.10. The first-order valence-corrected chi connectivity index (χ1v) is 10.00. The van der Waals surface area contributed by atoms with Gasteiger partial charge in [-0.2, -0.15) is 0 Å². The maximum Gasteiger partial charge on any atom is 0.123 e. The summed E-state index contributed by atoms with van der Waals surface area (Å²) in [6.07, 6.45) is 0. The number of hydrogen-bond acceptors (Lipinski definition) is 4. The first kappa shape index (κ1) is 19.3. The number of fused-ring (bicyclic) bond motifs is 1. The lowest BCUT2D eigenvalue weighted by Gasteiger charge is -2.34. The molecule has 1 N–H and O–H groups in total. The zero-order chi connectivity index (χ0) is 20.2. The van der Waals surface area contributed by atoms with Crippen molar-refractivity contribution in [2.45, 2.75) is 11.8 Å². The smallest absolute Gasteiger partial charge is 0.123 e. The number of benzene rings is 3. The predicted octanol–water partition coefficient (Wildman–Crippen LogP) is 4.64. The largest absolute Gasteiger partial charge is 0.508 e. The molecule has 0 saturated carbocycles. The Morgan fingerprint density at radius 1 is 0.966 bits per heavy atom. The predicted molar refractivity (Wildman–Crippen MR) is 115 cm³/mol. The molecule has 0 bridgehead atoms. The minimum atomic E-state index is 0.101. The van der Waals surface area contributed by atoms with Gasteiger partial charge in [-0.1, -0.05) is 42.5 Å². The highest BCUT2D eigenvalue weighted by atomic mass is 16.5. The highest BCUT2D eigenvalue weighted by Gasteiger charge is 2.33. The summed E-state index contributed by atoms with van der Waals surface area (Å²) in [6.45, 7) is 2.14. The normalized spacial score (nSPS) is 18.2. The number of phenolic OH excluding ortho intramolecular Hbond substituents is 1. The minimum Gasteiger partial charge on any atom is -0.508 e. The molecule has 0 amide bonds. The standard InChI is InChI=1S/C25H27NO3/c1-26(2)14-15-28-21-11-8-19(9-12-21)25-22-16-20(27)10-13-24(22)29-17-23(25)18-6-4-3-5-7-18/h3-13,16,23,25,27H,14-15,17H2,1-2H3/t23-,25-/m1/s1. The average Bonchev–Trinajstić information content (AvgIpc) is 2.74. The summed E-state index contributed by atoms with van der Waals surface area (Å²) < 4.78 is 11.9. The van der Waals surface area contributed by atoms with Crippen LogP contribution in [-0.4, -0.2) is 43.9 Å². The van der Waals surface area contributed by atoms with Gasteiger partial charge in [0.1, 0.15) is 23.9 Å². The Hall–Kier alpha value is -2.98. The molecule has 0 radical (unpaired) electrons. The molecule has 0 aromatic heterocycles. The molecule has 4 rings (SSSR count). The van der Waals surface area contributed by atoms with E-state index in [9.17, 15) is 5.11 Å². The highest BCUT2D eigenvalue weighted by molar-refractivity contribution is 5.51. The van der Waals surface area contributed by atoms with E-state index in [1.54, 1.807) is 6.07 Å². The Balaban J connectivity index is 1.67. The molecule has 0 fully saturated rings. The molecular formula is C25H27NO3. The molecule has 0 aliphatic carbocycles. The summed E-state index contributed by atoms with van der Waals surface area (Å²) in [5.74, 6) is 2.24. The van der Waals surface area contributed by atoms with Crippen LogP contribution in [0.5, 0.6) is 17.2 Å². The van der Waals surface area contributed by atoms with E-state index in [0.29, 0.717) is 13.2 Å². The molecule has 4 heteroatoms. The second-order valence-corrected chi connectivity index (χ2v) is 7.75. The molecular weight excluding hydrogens is 362 g/mol. The topological polar surface area (TPSA) is 41.9 Å². The van der Waals surface area contributed by atoms with Gasteiger partial charge in [0, 0.05) is 23.9 Å². The SMILES string of the molecule is CN(C)CCOc1ccc([C@@H]2c3cc(O)ccc3OC[C@@H]2c2ccccc2)cc1. The van der Waals surface area contributed by atoms with E-state index >= 15 is 0 Å². The van der Waals surface area contributed by atoms with Gasteiger partial charge in [0.2, 0.25) is 0 Å². The Bertz CT molecular complexity index is 938. The van der Waals surface area contributed by atoms with Gasteiger partial charge >= 0.3 is 0 Å². The van der Waals surface area contributed by atoms with E-state index in [4.69, 9.17) is 9.47 Å². The fraction of sp³-hybridized carbons (Fsp3) is 0.280. The summed E-state index contributed by atoms with van der Waals surface area (Å²) in [7, 11) is 4.07. The third-order valence-corrected chi connectivity index (χ3v) is 5.42. The van der Waals surface area contributed by atoms with E-state index in [2.05, 4.69) is 41.3 Å². The van der Waals surface area contributed by atoms with E-state index in [1.807, 2.05) is 44.4 Å². The van der Waals surface area contributed by atoms with Crippen LogP contribution in [0, 0.1) is 0 Å². The molecule has 1 heterocycles. The van der Waals surface area contributed by atoms with Crippen LogP contribution in [0.1, 0.15) is 28.5 Å². The van der Waals surface area contributed by atoms with E-state index in [0.717, 1.165) is 23.6 Å². The quantitative estimate of drug-likeness (QED) is 0.667. The van der Waals surface area contributed by atoms with Gasteiger partial charge in [-0.25, -0.2) is 0 Å². The van der Waals surface area contributed by atoms with Gasteiger partial charge in [0.25, 0.3) is 0 Å². The average molecular weight is 389 g/mol. The van der Waals surface area contributed by atoms with Gasteiger partial charge in [-0.3, -0.25) is 0 Å². The maximum atomic E-state index is 10.1. The van der Waals surface area contributed by atoms with E-state index in [1.165, 1.54) is 11.1 Å². The molecule has 3 aromatic rings. The lowest BCUT2D eigenvalue weighted by Crippen LogP contribution is -2.25. The van der Waals surface area contributed by atoms with Crippen molar-refractivity contribution in [3.05, 3.63) is 89.5 Å². The summed E-state index contributed by atoms with van der Waals surface area (Å²) >= 11 is 0. The first-order valence-electron chi connectivity index (χ1n) is 10.00. The molecule has 4 nitrogen and oxygen atoms in total. The third kappa shape index (κ3) is 4.38. The van der Waals surface area contributed by atoms with Crippen molar-refractivity contribution in [3.63, 3.8) is 0 Å². The summed E-state index contributed by atoms with van der Waals surface area (Å²) in [5, 5.41) is 10.1. The Morgan fingerprint density at radius 2 is 1.72 bits per heavy atom. The molecule has 0 spiro atoms. The number of hydrogen-bond donors (Lipinski definition) is 1. The van der Waals surface area contributed by atoms with Crippen molar-refractivity contribution >= 4 is 0 Å². The van der Waals surface area contributed by atoms with Crippen LogP contribution in [-0.2, 0) is 0 Å². The Labute approximate surface area is 172 Å². The van der Waals surface area contributed by atoms with Crippen LogP contribution in [0.25, 0.3) is 0 Å². The van der Waals surface area contributed by atoms with Gasteiger partial charge < -0.3 is 19.5 Å². The van der Waals surface area contributed by atoms with Gasteiger partial charge in [-0.15, -0.1) is 0 Å². The van der Waals surface area contributed by atoms with Crippen molar-refractivity contribution in [3.8, 4) is 17.2 Å². The number of nitrogens with zero attached hydrogens (tertiary/aromatic N) is 1. The monoisotopic (exact) mass is 389 g/mol. The van der Waals surface area contributed by atoms with Crippen LogP contribution in [0.4, 0.5) is 0 Å². The lowest BCUT2D eigenvalue weighted by atomic mass is 9.76. The summed E-state index contributed by atoms with van der Waals surface area (Å²) in [5.41, 5.74) is 3.44.